The van der Waals surface area contributed by atoms with Gasteiger partial charge in [-0.05, 0) is 37.6 Å². The van der Waals surface area contributed by atoms with E-state index in [2.05, 4.69) is 19.8 Å². The van der Waals surface area contributed by atoms with Crippen molar-refractivity contribution in [2.24, 2.45) is 7.05 Å². The first-order valence-electron chi connectivity index (χ1n) is 11.1. The molecule has 184 valence electrons. The lowest BCUT2D eigenvalue weighted by Gasteiger charge is -2.45. The third-order valence-electron chi connectivity index (χ3n) is 6.35. The van der Waals surface area contributed by atoms with Gasteiger partial charge < -0.3 is 14.2 Å². The molecule has 1 saturated heterocycles. The fourth-order valence-corrected chi connectivity index (χ4v) is 4.48. The fourth-order valence-electron chi connectivity index (χ4n) is 4.48. The molecule has 0 radical (unpaired) electrons. The molecule has 1 aliphatic rings. The van der Waals surface area contributed by atoms with E-state index in [-0.39, 0.29) is 35.8 Å². The number of hydrogen-bond acceptors (Lipinski definition) is 7. The van der Waals surface area contributed by atoms with Crippen LogP contribution in [0.3, 0.4) is 0 Å². The van der Waals surface area contributed by atoms with Gasteiger partial charge in [0.2, 0.25) is 5.88 Å². The van der Waals surface area contributed by atoms with Gasteiger partial charge in [-0.25, -0.2) is 9.97 Å². The number of aromatic nitrogens is 3. The number of nitrogens with zero attached hydrogens (tertiary/aromatic N) is 6. The molecule has 3 aromatic rings. The van der Waals surface area contributed by atoms with Crippen molar-refractivity contribution in [3.05, 3.63) is 57.6 Å². The third-order valence-corrected chi connectivity index (χ3v) is 6.35. The number of hydrogen-bond donors (Lipinski definition) is 0. The maximum atomic E-state index is 13.3. The second-order valence-electron chi connectivity index (χ2n) is 8.78. The Morgan fingerprint density at radius 3 is 2.54 bits per heavy atom. The van der Waals surface area contributed by atoms with Crippen molar-refractivity contribution in [3.63, 3.8) is 0 Å². The van der Waals surface area contributed by atoms with E-state index >= 15 is 0 Å². The number of nitriles is 1. The van der Waals surface area contributed by atoms with Crippen LogP contribution < -0.4 is 15.2 Å². The van der Waals surface area contributed by atoms with Crippen molar-refractivity contribution in [2.45, 2.75) is 38.7 Å². The number of fused-ring (bicyclic) bond motifs is 1. The van der Waals surface area contributed by atoms with E-state index < -0.39 is 11.9 Å². The van der Waals surface area contributed by atoms with Crippen molar-refractivity contribution < 1.29 is 17.9 Å². The summed E-state index contributed by atoms with van der Waals surface area (Å²) in [6.45, 7) is 5.33. The average molecular weight is 486 g/mol. The predicted octanol–water partition coefficient (Wildman–Crippen LogP) is 3.33. The van der Waals surface area contributed by atoms with E-state index in [0.29, 0.717) is 35.4 Å². The van der Waals surface area contributed by atoms with Gasteiger partial charge in [-0.3, -0.25) is 9.69 Å². The molecule has 0 aliphatic carbocycles. The molecule has 0 bridgehead atoms. The molecule has 0 unspecified atom stereocenters. The van der Waals surface area contributed by atoms with Crippen LogP contribution >= 0.6 is 0 Å². The molecule has 0 spiro atoms. The molecule has 2 atom stereocenters. The van der Waals surface area contributed by atoms with Gasteiger partial charge in [-0.15, -0.1) is 0 Å². The van der Waals surface area contributed by atoms with Gasteiger partial charge in [-0.2, -0.15) is 18.4 Å². The summed E-state index contributed by atoms with van der Waals surface area (Å²) in [4.78, 5) is 24.8. The highest BCUT2D eigenvalue weighted by Gasteiger charge is 2.35. The maximum Gasteiger partial charge on any atom is 0.433 e. The van der Waals surface area contributed by atoms with Crippen LogP contribution in [0.15, 0.2) is 35.1 Å². The van der Waals surface area contributed by atoms with Crippen LogP contribution in [0.25, 0.3) is 11.0 Å². The molecule has 35 heavy (non-hydrogen) atoms. The second kappa shape index (κ2) is 9.19. The summed E-state index contributed by atoms with van der Waals surface area (Å²) in [7, 11) is 2.94. The molecule has 8 nitrogen and oxygen atoms in total. The Morgan fingerprint density at radius 2 is 1.89 bits per heavy atom. The molecule has 0 amide bonds. The van der Waals surface area contributed by atoms with E-state index in [0.717, 1.165) is 6.07 Å². The fraction of sp³-hybridized carbons (Fsp3) is 0.417. The molecular formula is C24H25F3N6O2. The number of rotatable bonds is 4. The van der Waals surface area contributed by atoms with E-state index in [1.165, 1.54) is 23.8 Å². The zero-order chi connectivity index (χ0) is 25.5. The summed E-state index contributed by atoms with van der Waals surface area (Å²) in [5.41, 5.74) is 1.36. The topological polar surface area (TPSA) is 87.3 Å². The minimum absolute atomic E-state index is 0.0436. The average Bonchev–Trinajstić information content (AvgIpc) is 2.82. The van der Waals surface area contributed by atoms with Crippen molar-refractivity contribution in [1.82, 2.24) is 19.4 Å². The molecule has 1 fully saturated rings. The number of anilines is 1. The van der Waals surface area contributed by atoms with Gasteiger partial charge in [0.25, 0.3) is 5.56 Å². The number of piperazine rings is 1. The molecular weight excluding hydrogens is 461 g/mol. The highest BCUT2D eigenvalue weighted by Crippen LogP contribution is 2.32. The molecule has 1 aliphatic heterocycles. The van der Waals surface area contributed by atoms with Crippen LogP contribution in [-0.2, 0) is 19.8 Å². The highest BCUT2D eigenvalue weighted by atomic mass is 19.4. The summed E-state index contributed by atoms with van der Waals surface area (Å²) < 4.78 is 46.4. The predicted molar refractivity (Wildman–Crippen MR) is 124 cm³/mol. The summed E-state index contributed by atoms with van der Waals surface area (Å²) >= 11 is 0. The summed E-state index contributed by atoms with van der Waals surface area (Å²) in [6, 6.07) is 9.31. The van der Waals surface area contributed by atoms with Crippen LogP contribution in [-0.4, -0.2) is 51.7 Å². The van der Waals surface area contributed by atoms with E-state index in [9.17, 15) is 23.2 Å². The summed E-state index contributed by atoms with van der Waals surface area (Å²) in [5.74, 6) is -0.0832. The Bertz CT molecular complexity index is 1360. The molecule has 3 aromatic heterocycles. The number of methoxy groups -OCH3 is 1. The Kier molecular flexibility index (Phi) is 6.42. The first kappa shape index (κ1) is 24.5. The molecule has 0 saturated carbocycles. The molecule has 0 aromatic carbocycles. The smallest absolute Gasteiger partial charge is 0.433 e. The second-order valence-corrected chi connectivity index (χ2v) is 8.78. The molecule has 0 N–H and O–H groups in total. The number of pyridine rings is 3. The van der Waals surface area contributed by atoms with Crippen molar-refractivity contribution in [1.29, 1.82) is 5.26 Å². The standard InChI is InChI=1S/C24H25F3N6O2/c1-14-12-33(19-9-22(34)31(3)18-6-5-17(10-28)29-23(18)19)15(2)11-32(14)13-16-7-20(24(25,26)27)30-21(8-16)35-4/h5-9,14-15H,11-13H2,1-4H3/t14-,15+/m1/s1. The minimum Gasteiger partial charge on any atom is -0.481 e. The lowest BCUT2D eigenvalue weighted by Crippen LogP contribution is -2.56. The van der Waals surface area contributed by atoms with Crippen molar-refractivity contribution in [2.75, 3.05) is 25.1 Å². The first-order chi connectivity index (χ1) is 16.5. The number of halogens is 3. The van der Waals surface area contributed by atoms with Gasteiger partial charge in [0.05, 0.1) is 18.3 Å². The Balaban J connectivity index is 1.65. The quantitative estimate of drug-likeness (QED) is 0.559. The molecule has 11 heteroatoms. The summed E-state index contributed by atoms with van der Waals surface area (Å²) in [6.07, 6.45) is -4.57. The zero-order valence-electron chi connectivity index (χ0n) is 19.8. The van der Waals surface area contributed by atoms with Gasteiger partial charge in [0.1, 0.15) is 23.0 Å². The normalized spacial score (nSPS) is 19.1. The van der Waals surface area contributed by atoms with Crippen molar-refractivity contribution in [3.8, 4) is 11.9 Å². The molecule has 4 heterocycles. The lowest BCUT2D eigenvalue weighted by atomic mass is 10.0. The largest absolute Gasteiger partial charge is 0.481 e. The summed E-state index contributed by atoms with van der Waals surface area (Å²) in [5, 5.41) is 9.31. The third kappa shape index (κ3) is 4.79. The highest BCUT2D eigenvalue weighted by molar-refractivity contribution is 5.89. The van der Waals surface area contributed by atoms with Crippen LogP contribution in [0.1, 0.15) is 30.8 Å². The number of aryl methyl sites for hydroxylation is 1. The number of alkyl halides is 3. The molecule has 4 rings (SSSR count). The number of ether oxygens (including phenoxy) is 1. The lowest BCUT2D eigenvalue weighted by molar-refractivity contribution is -0.141. The first-order valence-corrected chi connectivity index (χ1v) is 11.1. The van der Waals surface area contributed by atoms with Gasteiger partial charge >= 0.3 is 6.18 Å². The van der Waals surface area contributed by atoms with Gasteiger partial charge in [-0.1, -0.05) is 0 Å². The van der Waals surface area contributed by atoms with Crippen molar-refractivity contribution >= 4 is 16.7 Å². The minimum atomic E-state index is -4.57. The Hall–Kier alpha value is -3.65. The van der Waals surface area contributed by atoms with Gasteiger partial charge in [0, 0.05) is 50.9 Å². The van der Waals surface area contributed by atoms with E-state index in [4.69, 9.17) is 4.74 Å². The Morgan fingerprint density at radius 1 is 1.14 bits per heavy atom. The van der Waals surface area contributed by atoms with Crippen LogP contribution in [0.5, 0.6) is 5.88 Å². The van der Waals surface area contributed by atoms with Crippen LogP contribution in [0.4, 0.5) is 18.9 Å². The van der Waals surface area contributed by atoms with Crippen LogP contribution in [0, 0.1) is 11.3 Å². The zero-order valence-corrected chi connectivity index (χ0v) is 19.8. The monoisotopic (exact) mass is 486 g/mol. The Labute approximate surface area is 200 Å². The maximum absolute atomic E-state index is 13.3. The van der Waals surface area contributed by atoms with E-state index in [1.807, 2.05) is 19.9 Å². The SMILES string of the molecule is COc1cc(CN2C[C@H](C)N(c3cc(=O)n(C)c4ccc(C#N)nc34)C[C@H]2C)cc(C(F)(F)F)n1. The van der Waals surface area contributed by atoms with Gasteiger partial charge in [0.15, 0.2) is 0 Å². The van der Waals surface area contributed by atoms with Crippen LogP contribution in [0.2, 0.25) is 0 Å². The van der Waals surface area contributed by atoms with E-state index in [1.54, 1.807) is 19.2 Å².